The molecule has 9 heteroatoms. The summed E-state index contributed by atoms with van der Waals surface area (Å²) in [5.41, 5.74) is -0.564. The molecule has 0 atom stereocenters. The van der Waals surface area contributed by atoms with E-state index in [0.29, 0.717) is 4.90 Å². The van der Waals surface area contributed by atoms with E-state index in [9.17, 15) is 20.2 Å². The second-order valence-corrected chi connectivity index (χ2v) is 6.67. The molecule has 0 spiro atoms. The molecule has 0 saturated heterocycles. The standard InChI is InChI=1S/C13H7N3O4S2/c17-15(18)9-1-2-12(10(6-9)16(19)20)22-13-5-8-7-14-4-3-11(8)21-13/h1-7H. The molecule has 0 radical (unpaired) electrons. The molecule has 0 aliphatic rings. The van der Waals surface area contributed by atoms with E-state index in [-0.39, 0.29) is 11.4 Å². The van der Waals surface area contributed by atoms with Crippen molar-refractivity contribution in [2.75, 3.05) is 0 Å². The van der Waals surface area contributed by atoms with Crippen LogP contribution in [0.25, 0.3) is 10.1 Å². The zero-order valence-corrected chi connectivity index (χ0v) is 12.5. The largest absolute Gasteiger partial charge is 0.290 e. The number of aromatic nitrogens is 1. The number of rotatable bonds is 4. The number of nitro groups is 2. The van der Waals surface area contributed by atoms with Crippen LogP contribution in [0.4, 0.5) is 11.4 Å². The predicted octanol–water partition coefficient (Wildman–Crippen LogP) is 4.26. The van der Waals surface area contributed by atoms with Crippen molar-refractivity contribution in [3.05, 3.63) is 63.0 Å². The topological polar surface area (TPSA) is 99.2 Å². The molecule has 0 fully saturated rings. The molecule has 0 unspecified atom stereocenters. The smallest absolute Gasteiger partial charge is 0.264 e. The lowest BCUT2D eigenvalue weighted by molar-refractivity contribution is -0.396. The minimum atomic E-state index is -0.646. The molecular weight excluding hydrogens is 326 g/mol. The number of hydrogen-bond acceptors (Lipinski definition) is 7. The van der Waals surface area contributed by atoms with Crippen molar-refractivity contribution < 1.29 is 9.85 Å². The van der Waals surface area contributed by atoms with E-state index in [4.69, 9.17) is 0 Å². The first-order valence-electron chi connectivity index (χ1n) is 5.99. The van der Waals surface area contributed by atoms with E-state index in [0.717, 1.165) is 20.4 Å². The highest BCUT2D eigenvalue weighted by Crippen LogP contribution is 2.41. The van der Waals surface area contributed by atoms with Crippen LogP contribution in [0, 0.1) is 20.2 Å². The third kappa shape index (κ3) is 2.76. The summed E-state index contributed by atoms with van der Waals surface area (Å²) in [5.74, 6) is 0. The second-order valence-electron chi connectivity index (χ2n) is 4.25. The number of non-ortho nitro benzene ring substituents is 1. The Balaban J connectivity index is 2.00. The van der Waals surface area contributed by atoms with Crippen LogP contribution >= 0.6 is 23.1 Å². The van der Waals surface area contributed by atoms with Crippen LogP contribution in [-0.2, 0) is 0 Å². The van der Waals surface area contributed by atoms with Crippen LogP contribution in [0.3, 0.4) is 0 Å². The zero-order valence-electron chi connectivity index (χ0n) is 10.8. The van der Waals surface area contributed by atoms with Crippen LogP contribution in [0.2, 0.25) is 0 Å². The molecule has 0 aliphatic heterocycles. The molecule has 22 heavy (non-hydrogen) atoms. The second kappa shape index (κ2) is 5.70. The summed E-state index contributed by atoms with van der Waals surface area (Å²) in [7, 11) is 0. The van der Waals surface area contributed by atoms with Crippen LogP contribution in [0.5, 0.6) is 0 Å². The first-order valence-corrected chi connectivity index (χ1v) is 7.62. The molecule has 3 aromatic rings. The number of benzene rings is 1. The Morgan fingerprint density at radius 2 is 1.91 bits per heavy atom. The van der Waals surface area contributed by atoms with E-state index >= 15 is 0 Å². The Morgan fingerprint density at radius 1 is 1.09 bits per heavy atom. The number of pyridine rings is 1. The van der Waals surface area contributed by atoms with Gasteiger partial charge in [0.2, 0.25) is 0 Å². The number of nitro benzene ring substituents is 2. The minimum Gasteiger partial charge on any atom is -0.264 e. The fourth-order valence-corrected chi connectivity index (χ4v) is 4.11. The van der Waals surface area contributed by atoms with Gasteiger partial charge in [-0.2, -0.15) is 0 Å². The fourth-order valence-electron chi connectivity index (χ4n) is 1.87. The van der Waals surface area contributed by atoms with E-state index in [1.54, 1.807) is 12.4 Å². The Kier molecular flexibility index (Phi) is 3.73. The summed E-state index contributed by atoms with van der Waals surface area (Å²) in [6, 6.07) is 7.42. The molecule has 2 heterocycles. The minimum absolute atomic E-state index is 0.269. The lowest BCUT2D eigenvalue weighted by atomic mass is 10.3. The predicted molar refractivity (Wildman–Crippen MR) is 83.5 cm³/mol. The van der Waals surface area contributed by atoms with Gasteiger partial charge >= 0.3 is 0 Å². The van der Waals surface area contributed by atoms with Crippen molar-refractivity contribution in [3.63, 3.8) is 0 Å². The van der Waals surface area contributed by atoms with Gasteiger partial charge in [-0.25, -0.2) is 0 Å². The first kappa shape index (κ1) is 14.4. The van der Waals surface area contributed by atoms with E-state index < -0.39 is 9.85 Å². The highest BCUT2D eigenvalue weighted by Gasteiger charge is 2.20. The van der Waals surface area contributed by atoms with Crippen molar-refractivity contribution >= 4 is 44.6 Å². The third-order valence-corrected chi connectivity index (χ3v) is 5.15. The molecule has 0 N–H and O–H groups in total. The Bertz CT molecular complexity index is 861. The van der Waals surface area contributed by atoms with Gasteiger partial charge in [0, 0.05) is 28.5 Å². The molecule has 110 valence electrons. The van der Waals surface area contributed by atoms with Gasteiger partial charge in [0.1, 0.15) is 0 Å². The molecule has 0 saturated carbocycles. The summed E-state index contributed by atoms with van der Waals surface area (Å²) in [6.07, 6.45) is 3.40. The lowest BCUT2D eigenvalue weighted by Crippen LogP contribution is -1.94. The number of fused-ring (bicyclic) bond motifs is 1. The summed E-state index contributed by atoms with van der Waals surface area (Å²) in [6.45, 7) is 0. The van der Waals surface area contributed by atoms with Crippen molar-refractivity contribution in [2.45, 2.75) is 9.10 Å². The maximum atomic E-state index is 11.1. The van der Waals surface area contributed by atoms with Gasteiger partial charge in [-0.1, -0.05) is 11.8 Å². The Hall–Kier alpha value is -2.52. The van der Waals surface area contributed by atoms with Crippen LogP contribution < -0.4 is 0 Å². The molecular formula is C13H7N3O4S2. The third-order valence-electron chi connectivity index (χ3n) is 2.85. The van der Waals surface area contributed by atoms with E-state index in [2.05, 4.69) is 4.98 Å². The van der Waals surface area contributed by atoms with Gasteiger partial charge in [0.15, 0.2) is 0 Å². The van der Waals surface area contributed by atoms with Gasteiger partial charge in [0.25, 0.3) is 11.4 Å². The Morgan fingerprint density at radius 3 is 2.59 bits per heavy atom. The van der Waals surface area contributed by atoms with Gasteiger partial charge in [0.05, 0.1) is 25.0 Å². The van der Waals surface area contributed by atoms with E-state index in [1.165, 1.54) is 35.2 Å². The fraction of sp³-hybridized carbons (Fsp3) is 0. The maximum absolute atomic E-state index is 11.1. The van der Waals surface area contributed by atoms with Gasteiger partial charge in [-0.05, 0) is 18.2 Å². The number of hydrogen-bond donors (Lipinski definition) is 0. The van der Waals surface area contributed by atoms with Gasteiger partial charge in [-0.3, -0.25) is 25.2 Å². The maximum Gasteiger partial charge on any atom is 0.290 e. The highest BCUT2D eigenvalue weighted by molar-refractivity contribution is 8.01. The quantitative estimate of drug-likeness (QED) is 0.522. The Labute approximate surface area is 131 Å². The summed E-state index contributed by atoms with van der Waals surface area (Å²) in [5, 5.41) is 22.8. The molecule has 0 bridgehead atoms. The van der Waals surface area contributed by atoms with Gasteiger partial charge in [-0.15, -0.1) is 11.3 Å². The molecule has 7 nitrogen and oxygen atoms in total. The highest BCUT2D eigenvalue weighted by atomic mass is 32.2. The molecule has 1 aromatic carbocycles. The van der Waals surface area contributed by atoms with Gasteiger partial charge < -0.3 is 0 Å². The monoisotopic (exact) mass is 333 g/mol. The number of nitrogens with zero attached hydrogens (tertiary/aromatic N) is 3. The van der Waals surface area contributed by atoms with E-state index in [1.807, 2.05) is 12.1 Å². The summed E-state index contributed by atoms with van der Waals surface area (Å²) >= 11 is 2.70. The lowest BCUT2D eigenvalue weighted by Gasteiger charge is -2.00. The number of thiophene rings is 1. The van der Waals surface area contributed by atoms with Crippen molar-refractivity contribution in [3.8, 4) is 0 Å². The summed E-state index contributed by atoms with van der Waals surface area (Å²) in [4.78, 5) is 25.0. The van der Waals surface area contributed by atoms with Crippen LogP contribution in [-0.4, -0.2) is 14.8 Å². The van der Waals surface area contributed by atoms with Crippen LogP contribution in [0.1, 0.15) is 0 Å². The van der Waals surface area contributed by atoms with Crippen LogP contribution in [0.15, 0.2) is 51.8 Å². The molecule has 3 rings (SSSR count). The van der Waals surface area contributed by atoms with Crippen molar-refractivity contribution in [2.24, 2.45) is 0 Å². The molecule has 0 amide bonds. The first-order chi connectivity index (χ1) is 10.5. The summed E-state index contributed by atoms with van der Waals surface area (Å²) < 4.78 is 1.89. The molecule has 0 aliphatic carbocycles. The normalized spacial score (nSPS) is 10.7. The molecule has 2 aromatic heterocycles. The van der Waals surface area contributed by atoms with Crippen molar-refractivity contribution in [1.29, 1.82) is 0 Å². The SMILES string of the molecule is O=[N+]([O-])c1ccc(Sc2cc3cnccc3s2)c([N+](=O)[O-])c1. The van der Waals surface area contributed by atoms with Crippen molar-refractivity contribution in [1.82, 2.24) is 4.98 Å². The average Bonchev–Trinajstić information content (AvgIpc) is 2.89. The zero-order chi connectivity index (χ0) is 15.7. The average molecular weight is 333 g/mol.